The topological polar surface area (TPSA) is 43.4 Å². The highest BCUT2D eigenvalue weighted by molar-refractivity contribution is 9.14. The van der Waals surface area contributed by atoms with Gasteiger partial charge in [-0.15, -0.1) is 0 Å². The van der Waals surface area contributed by atoms with Gasteiger partial charge >= 0.3 is 10.1 Å². The van der Waals surface area contributed by atoms with Gasteiger partial charge in [0, 0.05) is 6.07 Å². The van der Waals surface area contributed by atoms with Gasteiger partial charge in [0.25, 0.3) is 0 Å². The lowest BCUT2D eigenvalue weighted by Gasteiger charge is -2.11. The fourth-order valence-corrected chi connectivity index (χ4v) is 4.12. The van der Waals surface area contributed by atoms with E-state index in [1.165, 1.54) is 18.2 Å². The third-order valence-electron chi connectivity index (χ3n) is 2.30. The summed E-state index contributed by atoms with van der Waals surface area (Å²) < 4.78 is 31.1. The van der Waals surface area contributed by atoms with Crippen LogP contribution in [-0.2, 0) is 10.1 Å². The molecule has 0 bridgehead atoms. The largest absolute Gasteiger partial charge is 0.378 e. The monoisotopic (exact) mass is 502 g/mol. The van der Waals surface area contributed by atoms with Gasteiger partial charge in [-0.25, -0.2) is 0 Å². The Labute approximate surface area is 146 Å². The Bertz CT molecular complexity index is 748. The lowest BCUT2D eigenvalue weighted by molar-refractivity contribution is 0.484. The van der Waals surface area contributed by atoms with Crippen molar-refractivity contribution < 1.29 is 12.6 Å². The first-order valence-corrected chi connectivity index (χ1v) is 9.32. The number of rotatable bonds is 3. The molecule has 2 aromatic carbocycles. The summed E-state index contributed by atoms with van der Waals surface area (Å²) in [6.45, 7) is 0. The Kier molecular flexibility index (Phi) is 5.18. The molecule has 0 N–H and O–H groups in total. The van der Waals surface area contributed by atoms with E-state index in [1.54, 1.807) is 18.2 Å². The zero-order chi connectivity index (χ0) is 14.9. The van der Waals surface area contributed by atoms with E-state index in [-0.39, 0.29) is 10.6 Å². The number of halogens is 4. The molecule has 0 saturated carbocycles. The molecule has 0 fully saturated rings. The predicted molar refractivity (Wildman–Crippen MR) is 88.8 cm³/mol. The molecule has 2 aromatic rings. The summed E-state index contributed by atoms with van der Waals surface area (Å²) in [5, 5.41) is 0.332. The molecule has 0 aromatic heterocycles. The van der Waals surface area contributed by atoms with Crippen LogP contribution in [0.5, 0.6) is 5.75 Å². The summed E-state index contributed by atoms with van der Waals surface area (Å²) in [6.07, 6.45) is 0. The molecule has 0 saturated heterocycles. The van der Waals surface area contributed by atoms with Crippen molar-refractivity contribution in [2.75, 3.05) is 0 Å². The second kappa shape index (κ2) is 6.36. The Morgan fingerprint density at radius 1 is 0.950 bits per heavy atom. The van der Waals surface area contributed by atoms with Crippen LogP contribution in [0.4, 0.5) is 0 Å². The van der Waals surface area contributed by atoms with Crippen LogP contribution in [0.15, 0.2) is 54.7 Å². The minimum Gasteiger partial charge on any atom is -0.378 e. The third kappa shape index (κ3) is 3.39. The van der Waals surface area contributed by atoms with Gasteiger partial charge in [-0.2, -0.15) is 8.42 Å². The van der Waals surface area contributed by atoms with Gasteiger partial charge in [-0.05, 0) is 59.9 Å². The lowest BCUT2D eigenvalue weighted by Crippen LogP contribution is -2.10. The summed E-state index contributed by atoms with van der Waals surface area (Å²) >= 11 is 15.8. The second-order valence-corrected chi connectivity index (χ2v) is 7.98. The first-order valence-electron chi connectivity index (χ1n) is 5.15. The van der Waals surface area contributed by atoms with Gasteiger partial charge in [0.05, 0.1) is 18.4 Å². The minimum atomic E-state index is -3.91. The zero-order valence-corrected chi connectivity index (χ0v) is 15.9. The van der Waals surface area contributed by atoms with Gasteiger partial charge in [0.15, 0.2) is 5.75 Å². The molecule has 0 spiro atoms. The molecule has 2 rings (SSSR count). The normalized spacial score (nSPS) is 11.4. The second-order valence-electron chi connectivity index (χ2n) is 3.65. The lowest BCUT2D eigenvalue weighted by atomic mass is 10.3. The van der Waals surface area contributed by atoms with Gasteiger partial charge in [-0.1, -0.05) is 29.8 Å². The predicted octanol–water partition coefficient (Wildman–Crippen LogP) is 5.40. The highest BCUT2D eigenvalue weighted by Crippen LogP contribution is 2.43. The van der Waals surface area contributed by atoms with Crippen molar-refractivity contribution in [3.63, 3.8) is 0 Å². The van der Waals surface area contributed by atoms with E-state index in [0.717, 1.165) is 0 Å². The van der Waals surface area contributed by atoms with Crippen LogP contribution < -0.4 is 4.18 Å². The van der Waals surface area contributed by atoms with Crippen molar-refractivity contribution >= 4 is 69.5 Å². The molecule has 0 radical (unpaired) electrons. The van der Waals surface area contributed by atoms with Gasteiger partial charge < -0.3 is 4.18 Å². The van der Waals surface area contributed by atoms with E-state index < -0.39 is 10.1 Å². The Balaban J connectivity index is 2.46. The highest BCUT2D eigenvalue weighted by atomic mass is 79.9. The standard InChI is InChI=1S/C12H6Br3ClO3S/c13-10-8(16)6-9(11(14)12(10)15)19-20(17,18)7-4-2-1-3-5-7/h1-6H. The van der Waals surface area contributed by atoms with E-state index in [4.69, 9.17) is 15.8 Å². The Morgan fingerprint density at radius 3 is 2.15 bits per heavy atom. The van der Waals surface area contributed by atoms with Gasteiger partial charge in [0.1, 0.15) is 4.90 Å². The fraction of sp³-hybridized carbons (Fsp3) is 0. The Hall–Kier alpha value is -0.0800. The SMILES string of the molecule is O=S(=O)(Oc1cc(Cl)c(Br)c(Br)c1Br)c1ccccc1. The maximum Gasteiger partial charge on any atom is 0.339 e. The molecule has 106 valence electrons. The molecule has 3 nitrogen and oxygen atoms in total. The molecular formula is C12H6Br3ClO3S. The Morgan fingerprint density at radius 2 is 1.55 bits per heavy atom. The smallest absolute Gasteiger partial charge is 0.339 e. The summed E-state index contributed by atoms with van der Waals surface area (Å²) in [5.74, 6) is 0.105. The molecule has 0 aliphatic rings. The molecule has 8 heteroatoms. The number of hydrogen-bond donors (Lipinski definition) is 0. The summed E-state index contributed by atoms with van der Waals surface area (Å²) in [5.41, 5.74) is 0. The summed E-state index contributed by atoms with van der Waals surface area (Å²) in [7, 11) is -3.91. The van der Waals surface area contributed by atoms with Crippen molar-refractivity contribution in [1.29, 1.82) is 0 Å². The van der Waals surface area contributed by atoms with Gasteiger partial charge in [-0.3, -0.25) is 0 Å². The van der Waals surface area contributed by atoms with Crippen LogP contribution >= 0.6 is 59.4 Å². The molecule has 20 heavy (non-hydrogen) atoms. The molecular weight excluding hydrogens is 499 g/mol. The van der Waals surface area contributed by atoms with Crippen molar-refractivity contribution in [1.82, 2.24) is 0 Å². The van der Waals surface area contributed by atoms with E-state index >= 15 is 0 Å². The molecule has 0 atom stereocenters. The van der Waals surface area contributed by atoms with Crippen LogP contribution in [0.2, 0.25) is 5.02 Å². The number of benzene rings is 2. The van der Waals surface area contributed by atoms with Crippen molar-refractivity contribution in [2.45, 2.75) is 4.90 Å². The van der Waals surface area contributed by atoms with E-state index in [9.17, 15) is 8.42 Å². The highest BCUT2D eigenvalue weighted by Gasteiger charge is 2.21. The maximum absolute atomic E-state index is 12.1. The van der Waals surface area contributed by atoms with Gasteiger partial charge in [0.2, 0.25) is 0 Å². The average molecular weight is 505 g/mol. The van der Waals surface area contributed by atoms with Crippen LogP contribution in [0.1, 0.15) is 0 Å². The molecule has 0 aliphatic heterocycles. The summed E-state index contributed by atoms with van der Waals surface area (Å²) in [4.78, 5) is 0.0714. The van der Waals surface area contributed by atoms with Crippen LogP contribution in [0.25, 0.3) is 0 Å². The van der Waals surface area contributed by atoms with Crippen LogP contribution in [0, 0.1) is 0 Å². The quantitative estimate of drug-likeness (QED) is 0.319. The maximum atomic E-state index is 12.1. The van der Waals surface area contributed by atoms with Crippen LogP contribution in [-0.4, -0.2) is 8.42 Å². The first-order chi connectivity index (χ1) is 9.33. The zero-order valence-electron chi connectivity index (χ0n) is 9.61. The van der Waals surface area contributed by atoms with Crippen molar-refractivity contribution in [2.24, 2.45) is 0 Å². The van der Waals surface area contributed by atoms with Crippen molar-refractivity contribution in [3.05, 3.63) is 54.8 Å². The third-order valence-corrected chi connectivity index (χ3v) is 7.54. The van der Waals surface area contributed by atoms with E-state index in [1.807, 2.05) is 0 Å². The molecule has 0 aliphatic carbocycles. The van der Waals surface area contributed by atoms with Crippen molar-refractivity contribution in [3.8, 4) is 5.75 Å². The van der Waals surface area contributed by atoms with Crippen LogP contribution in [0.3, 0.4) is 0 Å². The number of hydrogen-bond acceptors (Lipinski definition) is 3. The summed E-state index contributed by atoms with van der Waals surface area (Å²) in [6, 6.07) is 9.30. The van der Waals surface area contributed by atoms with E-state index in [0.29, 0.717) is 18.4 Å². The molecule has 0 amide bonds. The molecule has 0 unspecified atom stereocenters. The minimum absolute atomic E-state index is 0.0714. The average Bonchev–Trinajstić information content (AvgIpc) is 2.43. The fourth-order valence-electron chi connectivity index (χ4n) is 1.37. The van der Waals surface area contributed by atoms with E-state index in [2.05, 4.69) is 47.8 Å². The first kappa shape index (κ1) is 16.3. The molecule has 0 heterocycles.